The van der Waals surface area contributed by atoms with Crippen molar-refractivity contribution < 1.29 is 19.1 Å². The van der Waals surface area contributed by atoms with E-state index in [9.17, 15) is 14.4 Å². The summed E-state index contributed by atoms with van der Waals surface area (Å²) < 4.78 is 6.48. The maximum absolute atomic E-state index is 13.8. The Balaban J connectivity index is 1.76. The number of nitrogens with zero attached hydrogens (tertiary/aromatic N) is 3. The molecule has 8 nitrogen and oxygen atoms in total. The number of esters is 1. The average molecular weight is 461 g/mol. The number of hydrogen-bond donors (Lipinski definition) is 1. The summed E-state index contributed by atoms with van der Waals surface area (Å²) in [4.78, 5) is 41.1. The molecule has 8 heteroatoms. The van der Waals surface area contributed by atoms with Crippen LogP contribution in [0.3, 0.4) is 0 Å². The third kappa shape index (κ3) is 4.31. The Labute approximate surface area is 198 Å². The van der Waals surface area contributed by atoms with Crippen molar-refractivity contribution in [3.63, 3.8) is 0 Å². The Morgan fingerprint density at radius 2 is 1.76 bits per heavy atom. The molecule has 2 amide bonds. The molecule has 0 bridgehead atoms. The minimum Gasteiger partial charge on any atom is -0.461 e. The number of ether oxygens (including phenoxy) is 1. The molecular formula is C26H28N4O4. The number of amides is 2. The largest absolute Gasteiger partial charge is 0.461 e. The van der Waals surface area contributed by atoms with Crippen LogP contribution in [0.15, 0.2) is 54.6 Å². The van der Waals surface area contributed by atoms with Crippen molar-refractivity contribution in [2.75, 3.05) is 11.5 Å². The first-order valence-electron chi connectivity index (χ1n) is 11.2. The predicted octanol–water partition coefficient (Wildman–Crippen LogP) is 3.41. The van der Waals surface area contributed by atoms with Crippen molar-refractivity contribution in [1.82, 2.24) is 15.1 Å². The number of nitrogens with one attached hydrogen (secondary N) is 1. The van der Waals surface area contributed by atoms with Gasteiger partial charge >= 0.3 is 5.97 Å². The lowest BCUT2D eigenvalue weighted by Gasteiger charge is -2.43. The highest BCUT2D eigenvalue weighted by Crippen LogP contribution is 2.34. The molecule has 0 unspecified atom stereocenters. The smallest absolute Gasteiger partial charge is 0.358 e. The number of carbonyl (C=O) groups excluding carboxylic acids is 3. The SMILES string of the molecule is CCOC(=O)c1cc2n(n1)C[C@@](C)(C(=O)NCc1ccccc1)N(c1cc(C)cc(C)c1)C2=O. The molecule has 1 aromatic heterocycles. The van der Waals surface area contributed by atoms with Crippen molar-refractivity contribution >= 4 is 23.5 Å². The average Bonchev–Trinajstić information content (AvgIpc) is 3.22. The molecule has 1 aliphatic heterocycles. The van der Waals surface area contributed by atoms with Gasteiger partial charge in [0, 0.05) is 18.3 Å². The molecule has 0 saturated carbocycles. The van der Waals surface area contributed by atoms with Gasteiger partial charge < -0.3 is 10.1 Å². The molecule has 1 atom stereocenters. The molecule has 0 fully saturated rings. The van der Waals surface area contributed by atoms with E-state index in [2.05, 4.69) is 10.4 Å². The zero-order valence-electron chi connectivity index (χ0n) is 19.8. The van der Waals surface area contributed by atoms with Gasteiger partial charge in [-0.2, -0.15) is 5.10 Å². The lowest BCUT2D eigenvalue weighted by atomic mass is 9.93. The maximum atomic E-state index is 13.8. The van der Waals surface area contributed by atoms with Gasteiger partial charge in [-0.05, 0) is 56.5 Å². The summed E-state index contributed by atoms with van der Waals surface area (Å²) in [7, 11) is 0. The van der Waals surface area contributed by atoms with Gasteiger partial charge in [-0.1, -0.05) is 36.4 Å². The molecule has 0 spiro atoms. The topological polar surface area (TPSA) is 93.5 Å². The molecule has 2 heterocycles. The van der Waals surface area contributed by atoms with Gasteiger partial charge in [-0.3, -0.25) is 19.2 Å². The van der Waals surface area contributed by atoms with Gasteiger partial charge in [0.15, 0.2) is 5.69 Å². The first kappa shape index (κ1) is 23.2. The van der Waals surface area contributed by atoms with Crippen molar-refractivity contribution in [3.8, 4) is 0 Å². The van der Waals surface area contributed by atoms with Crippen molar-refractivity contribution in [2.24, 2.45) is 0 Å². The Morgan fingerprint density at radius 3 is 2.41 bits per heavy atom. The Bertz CT molecular complexity index is 1230. The number of aromatic nitrogens is 2. The van der Waals surface area contributed by atoms with Crippen LogP contribution in [0.2, 0.25) is 0 Å². The zero-order valence-corrected chi connectivity index (χ0v) is 19.8. The van der Waals surface area contributed by atoms with Crippen LogP contribution < -0.4 is 10.2 Å². The third-order valence-electron chi connectivity index (χ3n) is 5.89. The lowest BCUT2D eigenvalue weighted by molar-refractivity contribution is -0.126. The molecule has 34 heavy (non-hydrogen) atoms. The second-order valence-electron chi connectivity index (χ2n) is 8.72. The summed E-state index contributed by atoms with van der Waals surface area (Å²) >= 11 is 0. The number of benzene rings is 2. The first-order valence-corrected chi connectivity index (χ1v) is 11.2. The van der Waals surface area contributed by atoms with Crippen LogP contribution in [0.4, 0.5) is 5.69 Å². The van der Waals surface area contributed by atoms with E-state index in [4.69, 9.17) is 4.74 Å². The van der Waals surface area contributed by atoms with Crippen molar-refractivity contribution in [1.29, 1.82) is 0 Å². The molecule has 1 N–H and O–H groups in total. The number of hydrogen-bond acceptors (Lipinski definition) is 5. The summed E-state index contributed by atoms with van der Waals surface area (Å²) in [6.07, 6.45) is 0. The van der Waals surface area contributed by atoms with E-state index in [1.54, 1.807) is 13.8 Å². The number of fused-ring (bicyclic) bond motifs is 1. The first-order chi connectivity index (χ1) is 16.2. The molecule has 1 aliphatic rings. The second kappa shape index (κ2) is 9.13. The van der Waals surface area contributed by atoms with Crippen molar-refractivity contribution in [2.45, 2.75) is 46.3 Å². The van der Waals surface area contributed by atoms with E-state index in [-0.39, 0.29) is 30.4 Å². The van der Waals surface area contributed by atoms with Crippen molar-refractivity contribution in [3.05, 3.63) is 82.7 Å². The number of rotatable bonds is 6. The lowest BCUT2D eigenvalue weighted by Crippen LogP contribution is -2.64. The fraction of sp³-hybridized carbons (Fsp3) is 0.308. The minimum absolute atomic E-state index is 0.0412. The normalized spacial score (nSPS) is 17.3. The van der Waals surface area contributed by atoms with Crippen LogP contribution in [0.25, 0.3) is 0 Å². The van der Waals surface area contributed by atoms with Crippen LogP contribution in [-0.4, -0.2) is 39.7 Å². The van der Waals surface area contributed by atoms with Crippen LogP contribution >= 0.6 is 0 Å². The van der Waals surface area contributed by atoms with Gasteiger partial charge in [0.05, 0.1) is 13.2 Å². The van der Waals surface area contributed by atoms with E-state index in [1.165, 1.54) is 15.6 Å². The Kier molecular flexibility index (Phi) is 6.24. The highest BCUT2D eigenvalue weighted by molar-refractivity contribution is 6.12. The third-order valence-corrected chi connectivity index (χ3v) is 5.89. The summed E-state index contributed by atoms with van der Waals surface area (Å²) in [6.45, 7) is 7.92. The molecule has 2 aromatic carbocycles. The Morgan fingerprint density at radius 1 is 1.09 bits per heavy atom. The zero-order chi connectivity index (χ0) is 24.5. The molecule has 176 valence electrons. The predicted molar refractivity (Wildman–Crippen MR) is 128 cm³/mol. The molecule has 4 rings (SSSR count). The highest BCUT2D eigenvalue weighted by Gasteiger charge is 2.49. The highest BCUT2D eigenvalue weighted by atomic mass is 16.5. The molecule has 0 aliphatic carbocycles. The van der Waals surface area contributed by atoms with Crippen LogP contribution in [0, 0.1) is 13.8 Å². The number of carbonyl (C=O) groups is 3. The standard InChI is InChI=1S/C26H28N4O4/c1-5-34-24(32)21-14-22-23(31)30(20-12-17(2)11-18(3)13-20)26(4,16-29(22)28-21)25(33)27-15-19-9-7-6-8-10-19/h6-14H,5,15-16H2,1-4H3,(H,27,33)/t26-/m0/s1. The fourth-order valence-electron chi connectivity index (χ4n) is 4.34. The summed E-state index contributed by atoms with van der Waals surface area (Å²) in [5, 5.41) is 7.27. The van der Waals surface area contributed by atoms with E-state index >= 15 is 0 Å². The molecule has 0 saturated heterocycles. The van der Waals surface area contributed by atoms with Gasteiger partial charge in [0.2, 0.25) is 5.91 Å². The van der Waals surface area contributed by atoms with E-state index in [0.717, 1.165) is 16.7 Å². The van der Waals surface area contributed by atoms with E-state index in [1.807, 2.05) is 62.4 Å². The van der Waals surface area contributed by atoms with E-state index in [0.29, 0.717) is 12.2 Å². The number of anilines is 1. The summed E-state index contributed by atoms with van der Waals surface area (Å²) in [5.74, 6) is -1.33. The summed E-state index contributed by atoms with van der Waals surface area (Å²) in [5.41, 5.74) is 2.50. The molecule has 0 radical (unpaired) electrons. The van der Waals surface area contributed by atoms with Gasteiger partial charge in [-0.15, -0.1) is 0 Å². The second-order valence-corrected chi connectivity index (χ2v) is 8.72. The maximum Gasteiger partial charge on any atom is 0.358 e. The summed E-state index contributed by atoms with van der Waals surface area (Å²) in [6, 6.07) is 16.8. The fourth-order valence-corrected chi connectivity index (χ4v) is 4.34. The Hall–Kier alpha value is -3.94. The minimum atomic E-state index is -1.28. The molecule has 3 aromatic rings. The molecular weight excluding hydrogens is 432 g/mol. The van der Waals surface area contributed by atoms with E-state index < -0.39 is 17.4 Å². The van der Waals surface area contributed by atoms with Crippen LogP contribution in [-0.2, 0) is 22.6 Å². The van der Waals surface area contributed by atoms with Gasteiger partial charge in [0.25, 0.3) is 5.91 Å². The number of aryl methyl sites for hydroxylation is 2. The quantitative estimate of drug-likeness (QED) is 0.569. The van der Waals surface area contributed by atoms with Crippen LogP contribution in [0.5, 0.6) is 0 Å². The monoisotopic (exact) mass is 460 g/mol. The van der Waals surface area contributed by atoms with Gasteiger partial charge in [-0.25, -0.2) is 4.79 Å². The van der Waals surface area contributed by atoms with Crippen LogP contribution in [0.1, 0.15) is 51.5 Å². The van der Waals surface area contributed by atoms with Gasteiger partial charge in [0.1, 0.15) is 11.2 Å².